The quantitative estimate of drug-likeness (QED) is 0.587. The lowest BCUT2D eigenvalue weighted by Gasteiger charge is -2.14. The lowest BCUT2D eigenvalue weighted by molar-refractivity contribution is 0.103. The smallest absolute Gasteiger partial charge is 0.407 e. The number of nitrogens with zero attached hydrogens (tertiary/aromatic N) is 2. The van der Waals surface area contributed by atoms with Crippen LogP contribution in [0, 0.1) is 0 Å². The van der Waals surface area contributed by atoms with Gasteiger partial charge in [-0.05, 0) is 36.8 Å². The van der Waals surface area contributed by atoms with Gasteiger partial charge in [-0.2, -0.15) is 0 Å². The van der Waals surface area contributed by atoms with Gasteiger partial charge in [0.2, 0.25) is 0 Å². The van der Waals surface area contributed by atoms with E-state index < -0.39 is 6.09 Å². The van der Waals surface area contributed by atoms with E-state index in [2.05, 4.69) is 15.6 Å². The molecule has 3 aromatic rings. The number of carbonyl (C=O) groups excluding carboxylic acids is 1. The maximum Gasteiger partial charge on any atom is 0.407 e. The molecule has 0 aliphatic carbocycles. The number of likely N-dealkylation sites (tertiary alicyclic amines) is 1. The van der Waals surface area contributed by atoms with Crippen LogP contribution in [0.4, 0.5) is 16.3 Å². The van der Waals surface area contributed by atoms with Crippen molar-refractivity contribution >= 4 is 56.5 Å². The minimum atomic E-state index is -0.905. The fourth-order valence-electron chi connectivity index (χ4n) is 3.14. The minimum absolute atomic E-state index is 0.0346. The van der Waals surface area contributed by atoms with Crippen molar-refractivity contribution in [3.8, 4) is 0 Å². The SMILES string of the molecule is O=C(Nc1ccc(N[C@H]2CCN(C(=O)O)C2)nc1)c1cc2c(Cl)cccc2s1. The van der Waals surface area contributed by atoms with Crippen LogP contribution in [0.15, 0.2) is 42.6 Å². The van der Waals surface area contributed by atoms with Gasteiger partial charge in [-0.25, -0.2) is 9.78 Å². The van der Waals surface area contributed by atoms with E-state index in [1.165, 1.54) is 16.2 Å². The zero-order chi connectivity index (χ0) is 19.7. The van der Waals surface area contributed by atoms with Crippen LogP contribution in [0.5, 0.6) is 0 Å². The molecule has 9 heteroatoms. The normalized spacial score (nSPS) is 16.3. The highest BCUT2D eigenvalue weighted by Gasteiger charge is 2.25. The average molecular weight is 417 g/mol. The molecule has 1 fully saturated rings. The van der Waals surface area contributed by atoms with Crippen LogP contribution in [0.2, 0.25) is 5.02 Å². The number of hydrogen-bond donors (Lipinski definition) is 3. The summed E-state index contributed by atoms with van der Waals surface area (Å²) in [5, 5.41) is 16.6. The van der Waals surface area contributed by atoms with E-state index in [1.54, 1.807) is 30.5 Å². The summed E-state index contributed by atoms with van der Waals surface area (Å²) < 4.78 is 0.960. The van der Waals surface area contributed by atoms with Crippen LogP contribution in [-0.2, 0) is 0 Å². The summed E-state index contributed by atoms with van der Waals surface area (Å²) in [6.07, 6.45) is 1.41. The molecule has 2 aromatic heterocycles. The van der Waals surface area contributed by atoms with E-state index in [4.69, 9.17) is 16.7 Å². The van der Waals surface area contributed by atoms with Crippen LogP contribution in [0.3, 0.4) is 0 Å². The highest BCUT2D eigenvalue weighted by Crippen LogP contribution is 2.31. The number of anilines is 2. The summed E-state index contributed by atoms with van der Waals surface area (Å²) in [5.74, 6) is 0.427. The second kappa shape index (κ2) is 7.65. The summed E-state index contributed by atoms with van der Waals surface area (Å²) in [6, 6.07) is 10.9. The number of rotatable bonds is 4. The maximum atomic E-state index is 12.5. The number of carboxylic acid groups (broad SMARTS) is 1. The predicted molar refractivity (Wildman–Crippen MR) is 111 cm³/mol. The molecule has 0 unspecified atom stereocenters. The Kier molecular flexibility index (Phi) is 5.06. The van der Waals surface area contributed by atoms with Crippen molar-refractivity contribution in [2.24, 2.45) is 0 Å². The lowest BCUT2D eigenvalue weighted by Crippen LogP contribution is -2.30. The number of halogens is 1. The molecule has 144 valence electrons. The number of pyridine rings is 1. The van der Waals surface area contributed by atoms with Gasteiger partial charge >= 0.3 is 6.09 Å². The second-order valence-corrected chi connectivity index (χ2v) is 8.00. The number of thiophene rings is 1. The fourth-order valence-corrected chi connectivity index (χ4v) is 4.41. The third kappa shape index (κ3) is 3.88. The molecule has 0 radical (unpaired) electrons. The van der Waals surface area contributed by atoms with Crippen LogP contribution in [0.25, 0.3) is 10.1 Å². The first-order valence-electron chi connectivity index (χ1n) is 8.69. The van der Waals surface area contributed by atoms with Gasteiger partial charge in [0, 0.05) is 34.2 Å². The monoisotopic (exact) mass is 416 g/mol. The van der Waals surface area contributed by atoms with Gasteiger partial charge in [-0.3, -0.25) is 4.79 Å². The van der Waals surface area contributed by atoms with Crippen molar-refractivity contribution in [1.29, 1.82) is 0 Å². The average Bonchev–Trinajstić information content (AvgIpc) is 3.31. The van der Waals surface area contributed by atoms with E-state index >= 15 is 0 Å². The third-order valence-corrected chi connectivity index (χ3v) is 5.99. The number of amides is 2. The van der Waals surface area contributed by atoms with Gasteiger partial charge < -0.3 is 20.6 Å². The lowest BCUT2D eigenvalue weighted by atomic mass is 10.2. The predicted octanol–water partition coefficient (Wildman–Crippen LogP) is 4.37. The molecule has 0 bridgehead atoms. The molecule has 4 rings (SSSR count). The van der Waals surface area contributed by atoms with Crippen molar-refractivity contribution in [2.45, 2.75) is 12.5 Å². The fraction of sp³-hybridized carbons (Fsp3) is 0.211. The van der Waals surface area contributed by atoms with Crippen molar-refractivity contribution in [2.75, 3.05) is 23.7 Å². The molecule has 28 heavy (non-hydrogen) atoms. The van der Waals surface area contributed by atoms with E-state index in [0.29, 0.717) is 34.5 Å². The summed E-state index contributed by atoms with van der Waals surface area (Å²) >= 11 is 7.56. The topological polar surface area (TPSA) is 94.6 Å². The number of nitrogens with one attached hydrogen (secondary N) is 2. The van der Waals surface area contributed by atoms with Crippen LogP contribution < -0.4 is 10.6 Å². The molecule has 0 saturated carbocycles. The van der Waals surface area contributed by atoms with Gasteiger partial charge in [0.25, 0.3) is 5.91 Å². The molecule has 3 heterocycles. The van der Waals surface area contributed by atoms with E-state index in [9.17, 15) is 9.59 Å². The molecule has 1 saturated heterocycles. The molecule has 7 nitrogen and oxygen atoms in total. The summed E-state index contributed by atoms with van der Waals surface area (Å²) in [6.45, 7) is 0.949. The number of carbonyl (C=O) groups is 2. The van der Waals surface area contributed by atoms with Gasteiger partial charge in [0.15, 0.2) is 0 Å². The van der Waals surface area contributed by atoms with Gasteiger partial charge in [0.1, 0.15) is 5.82 Å². The molecule has 3 N–H and O–H groups in total. The first-order valence-corrected chi connectivity index (χ1v) is 9.89. The van der Waals surface area contributed by atoms with E-state index in [1.807, 2.05) is 12.1 Å². The van der Waals surface area contributed by atoms with Crippen LogP contribution in [0.1, 0.15) is 16.1 Å². The Morgan fingerprint density at radius 2 is 2.14 bits per heavy atom. The van der Waals surface area contributed by atoms with Gasteiger partial charge in [-0.1, -0.05) is 17.7 Å². The second-order valence-electron chi connectivity index (χ2n) is 6.51. The Balaban J connectivity index is 1.39. The first kappa shape index (κ1) is 18.5. The molecular formula is C19H17ClN4O3S. The first-order chi connectivity index (χ1) is 13.5. The van der Waals surface area contributed by atoms with E-state index in [-0.39, 0.29) is 11.9 Å². The Hall–Kier alpha value is -2.84. The van der Waals surface area contributed by atoms with Crippen LogP contribution >= 0.6 is 22.9 Å². The Labute approximate surface area is 169 Å². The van der Waals surface area contributed by atoms with Crippen molar-refractivity contribution < 1.29 is 14.7 Å². The highest BCUT2D eigenvalue weighted by atomic mass is 35.5. The number of aromatic nitrogens is 1. The van der Waals surface area contributed by atoms with E-state index in [0.717, 1.165) is 16.5 Å². The minimum Gasteiger partial charge on any atom is -0.465 e. The number of hydrogen-bond acceptors (Lipinski definition) is 5. The zero-order valence-corrected chi connectivity index (χ0v) is 16.3. The molecule has 0 spiro atoms. The largest absolute Gasteiger partial charge is 0.465 e. The van der Waals surface area contributed by atoms with Crippen molar-refractivity contribution in [3.63, 3.8) is 0 Å². The summed E-state index contributed by atoms with van der Waals surface area (Å²) in [7, 11) is 0. The molecule has 1 atom stereocenters. The summed E-state index contributed by atoms with van der Waals surface area (Å²) in [4.78, 5) is 29.7. The Morgan fingerprint density at radius 3 is 2.82 bits per heavy atom. The molecule has 1 aromatic carbocycles. The number of fused-ring (bicyclic) bond motifs is 1. The Morgan fingerprint density at radius 1 is 1.29 bits per heavy atom. The molecule has 1 aliphatic rings. The standard InChI is InChI=1S/C19H17ClN4O3S/c20-14-2-1-3-15-13(14)8-16(28-15)18(25)23-11-4-5-17(21-9-11)22-12-6-7-24(10-12)19(26)27/h1-5,8-9,12H,6-7,10H2,(H,21,22)(H,23,25)(H,26,27)/t12-/m0/s1. The highest BCUT2D eigenvalue weighted by molar-refractivity contribution is 7.21. The Bertz CT molecular complexity index is 1040. The third-order valence-electron chi connectivity index (χ3n) is 4.56. The number of benzene rings is 1. The molecule has 1 aliphatic heterocycles. The van der Waals surface area contributed by atoms with Crippen molar-refractivity contribution in [1.82, 2.24) is 9.88 Å². The molecule has 2 amide bonds. The van der Waals surface area contributed by atoms with Gasteiger partial charge in [-0.15, -0.1) is 11.3 Å². The van der Waals surface area contributed by atoms with Crippen molar-refractivity contribution in [3.05, 3.63) is 52.5 Å². The summed E-state index contributed by atoms with van der Waals surface area (Å²) in [5.41, 5.74) is 0.581. The van der Waals surface area contributed by atoms with Gasteiger partial charge in [0.05, 0.1) is 16.8 Å². The van der Waals surface area contributed by atoms with Crippen LogP contribution in [-0.4, -0.2) is 46.1 Å². The zero-order valence-electron chi connectivity index (χ0n) is 14.7. The molecular weight excluding hydrogens is 400 g/mol. The maximum absolute atomic E-state index is 12.5.